The number of amides is 1. The van der Waals surface area contributed by atoms with E-state index in [1.165, 1.54) is 37.7 Å². The highest BCUT2D eigenvalue weighted by molar-refractivity contribution is 5.78. The maximum atomic E-state index is 13.0. The van der Waals surface area contributed by atoms with Gasteiger partial charge in [-0.2, -0.15) is 0 Å². The fraction of sp³-hybridized carbons (Fsp3) is 0.708. The minimum absolute atomic E-state index is 0.124. The summed E-state index contributed by atoms with van der Waals surface area (Å²) in [6, 6.07) is 10.9. The third-order valence-electron chi connectivity index (χ3n) is 7.31. The van der Waals surface area contributed by atoms with Crippen molar-refractivity contribution in [2.45, 2.75) is 43.7 Å². The lowest BCUT2D eigenvalue weighted by Gasteiger charge is -2.48. The summed E-state index contributed by atoms with van der Waals surface area (Å²) in [7, 11) is 2.17. The molecule has 1 amide bonds. The number of morpholine rings is 1. The van der Waals surface area contributed by atoms with Crippen LogP contribution in [0.1, 0.15) is 43.7 Å². The van der Waals surface area contributed by atoms with Crippen molar-refractivity contribution in [2.75, 3.05) is 66.1 Å². The minimum atomic E-state index is 0.124. The molecule has 166 valence electrons. The van der Waals surface area contributed by atoms with E-state index in [2.05, 4.69) is 57.4 Å². The fourth-order valence-electron chi connectivity index (χ4n) is 5.49. The van der Waals surface area contributed by atoms with Crippen LogP contribution < -0.4 is 5.32 Å². The summed E-state index contributed by atoms with van der Waals surface area (Å²) in [5.41, 5.74) is 1.42. The van der Waals surface area contributed by atoms with Crippen molar-refractivity contribution in [3.8, 4) is 0 Å². The highest BCUT2D eigenvalue weighted by Gasteiger charge is 2.39. The van der Waals surface area contributed by atoms with Crippen LogP contribution in [0.4, 0.5) is 0 Å². The van der Waals surface area contributed by atoms with Gasteiger partial charge < -0.3 is 15.0 Å². The van der Waals surface area contributed by atoms with Gasteiger partial charge in [-0.05, 0) is 25.5 Å². The van der Waals surface area contributed by atoms with E-state index >= 15 is 0 Å². The van der Waals surface area contributed by atoms with Gasteiger partial charge in [0.1, 0.15) is 0 Å². The summed E-state index contributed by atoms with van der Waals surface area (Å²) in [4.78, 5) is 20.3. The average molecular weight is 415 g/mol. The molecule has 2 saturated heterocycles. The number of carbonyl (C=O) groups excluding carboxylic acids is 1. The molecule has 6 nitrogen and oxygen atoms in total. The molecule has 2 aliphatic heterocycles. The number of piperazine rings is 1. The average Bonchev–Trinajstić information content (AvgIpc) is 2.81. The molecule has 0 bridgehead atoms. The van der Waals surface area contributed by atoms with Gasteiger partial charge in [0, 0.05) is 50.8 Å². The molecule has 1 N–H and O–H groups in total. The van der Waals surface area contributed by atoms with E-state index in [1.54, 1.807) is 0 Å². The number of rotatable bonds is 6. The Morgan fingerprint density at radius 2 is 1.80 bits per heavy atom. The Kier molecular flexibility index (Phi) is 7.41. The van der Waals surface area contributed by atoms with Crippen LogP contribution in [0.3, 0.4) is 0 Å². The number of likely N-dealkylation sites (N-methyl/N-ethyl adjacent to an activating group) is 1. The Morgan fingerprint density at radius 3 is 2.53 bits per heavy atom. The molecule has 0 spiro atoms. The zero-order valence-electron chi connectivity index (χ0n) is 18.5. The van der Waals surface area contributed by atoms with Crippen LogP contribution in [-0.2, 0) is 9.53 Å². The van der Waals surface area contributed by atoms with Gasteiger partial charge in [-0.1, -0.05) is 49.6 Å². The number of ether oxygens (including phenoxy) is 1. The molecule has 0 aromatic heterocycles. The van der Waals surface area contributed by atoms with E-state index < -0.39 is 0 Å². The highest BCUT2D eigenvalue weighted by atomic mass is 16.5. The van der Waals surface area contributed by atoms with Crippen molar-refractivity contribution >= 4 is 5.91 Å². The largest absolute Gasteiger partial charge is 0.379 e. The van der Waals surface area contributed by atoms with Crippen molar-refractivity contribution in [3.05, 3.63) is 35.9 Å². The Bertz CT molecular complexity index is 671. The molecule has 30 heavy (non-hydrogen) atoms. The second-order valence-corrected chi connectivity index (χ2v) is 9.32. The summed E-state index contributed by atoms with van der Waals surface area (Å²) in [5.74, 6) is 0.165. The zero-order chi connectivity index (χ0) is 20.8. The monoisotopic (exact) mass is 414 g/mol. The Hall–Kier alpha value is -1.47. The summed E-state index contributed by atoms with van der Waals surface area (Å²) in [5, 5.41) is 3.34. The normalized spacial score (nSPS) is 26.4. The van der Waals surface area contributed by atoms with Crippen LogP contribution in [0.25, 0.3) is 0 Å². The smallest absolute Gasteiger partial charge is 0.234 e. The molecule has 1 aromatic carbocycles. The number of hydrogen-bond acceptors (Lipinski definition) is 5. The first-order valence-corrected chi connectivity index (χ1v) is 11.7. The molecular formula is C24H38N4O2. The van der Waals surface area contributed by atoms with Gasteiger partial charge in [-0.3, -0.25) is 14.6 Å². The third kappa shape index (κ3) is 5.22. The van der Waals surface area contributed by atoms with Crippen LogP contribution in [0.5, 0.6) is 0 Å². The molecule has 6 heteroatoms. The first-order chi connectivity index (χ1) is 14.7. The van der Waals surface area contributed by atoms with Crippen LogP contribution in [0.15, 0.2) is 30.3 Å². The highest BCUT2D eigenvalue weighted by Crippen LogP contribution is 2.34. The number of hydrogen-bond donors (Lipinski definition) is 1. The van der Waals surface area contributed by atoms with Gasteiger partial charge in [-0.15, -0.1) is 0 Å². The first-order valence-electron chi connectivity index (χ1n) is 11.7. The summed E-state index contributed by atoms with van der Waals surface area (Å²) >= 11 is 0. The molecule has 4 rings (SSSR count). The Balaban J connectivity index is 1.37. The predicted octanol–water partition coefficient (Wildman–Crippen LogP) is 2.13. The van der Waals surface area contributed by atoms with Crippen LogP contribution in [0, 0.1) is 0 Å². The van der Waals surface area contributed by atoms with E-state index in [4.69, 9.17) is 4.74 Å². The molecule has 1 atom stereocenters. The lowest BCUT2D eigenvalue weighted by atomic mass is 9.79. The van der Waals surface area contributed by atoms with Crippen LogP contribution >= 0.6 is 0 Å². The van der Waals surface area contributed by atoms with Crippen molar-refractivity contribution < 1.29 is 9.53 Å². The van der Waals surface area contributed by atoms with E-state index in [-0.39, 0.29) is 17.5 Å². The van der Waals surface area contributed by atoms with Gasteiger partial charge in [0.05, 0.1) is 19.8 Å². The molecule has 1 unspecified atom stereocenters. The second-order valence-electron chi connectivity index (χ2n) is 9.32. The molecule has 0 radical (unpaired) electrons. The van der Waals surface area contributed by atoms with Crippen molar-refractivity contribution in [1.82, 2.24) is 20.0 Å². The summed E-state index contributed by atoms with van der Waals surface area (Å²) in [6.07, 6.45) is 6.23. The molecule has 2 heterocycles. The standard InChI is InChI=1S/C24H38N4O2/c1-26-12-13-27(22(18-26)21-8-4-2-5-9-21)19-23(29)25-20-24(10-6-3-7-11-24)28-14-16-30-17-15-28/h2,4-5,8-9,22H,3,6-7,10-20H2,1H3,(H,25,29). The van der Waals surface area contributed by atoms with Crippen LogP contribution in [0.2, 0.25) is 0 Å². The molecule has 1 aliphatic carbocycles. The molecule has 1 saturated carbocycles. The molecule has 3 fully saturated rings. The predicted molar refractivity (Wildman–Crippen MR) is 119 cm³/mol. The number of carbonyl (C=O) groups is 1. The third-order valence-corrected chi connectivity index (χ3v) is 7.31. The van der Waals surface area contributed by atoms with Gasteiger partial charge in [0.15, 0.2) is 0 Å². The van der Waals surface area contributed by atoms with Crippen molar-refractivity contribution in [3.63, 3.8) is 0 Å². The molecule has 3 aliphatic rings. The van der Waals surface area contributed by atoms with Crippen molar-refractivity contribution in [2.24, 2.45) is 0 Å². The summed E-state index contributed by atoms with van der Waals surface area (Å²) in [6.45, 7) is 7.77. The maximum absolute atomic E-state index is 13.0. The Morgan fingerprint density at radius 1 is 1.07 bits per heavy atom. The molecule has 1 aromatic rings. The van der Waals surface area contributed by atoms with Gasteiger partial charge >= 0.3 is 0 Å². The lowest BCUT2D eigenvalue weighted by Crippen LogP contribution is -2.60. The van der Waals surface area contributed by atoms with Gasteiger partial charge in [0.2, 0.25) is 5.91 Å². The fourth-order valence-corrected chi connectivity index (χ4v) is 5.49. The topological polar surface area (TPSA) is 48.0 Å². The first kappa shape index (κ1) is 21.8. The Labute approximate surface area is 181 Å². The quantitative estimate of drug-likeness (QED) is 0.773. The SMILES string of the molecule is CN1CCN(CC(=O)NCC2(N3CCOCC3)CCCCC2)C(c2ccccc2)C1. The van der Waals surface area contributed by atoms with E-state index in [0.29, 0.717) is 6.54 Å². The number of nitrogens with one attached hydrogen (secondary N) is 1. The molecular weight excluding hydrogens is 376 g/mol. The van der Waals surface area contributed by atoms with E-state index in [1.807, 2.05) is 0 Å². The van der Waals surface area contributed by atoms with Gasteiger partial charge in [0.25, 0.3) is 0 Å². The van der Waals surface area contributed by atoms with Crippen molar-refractivity contribution in [1.29, 1.82) is 0 Å². The van der Waals surface area contributed by atoms with Crippen LogP contribution in [-0.4, -0.2) is 92.2 Å². The number of benzene rings is 1. The second kappa shape index (κ2) is 10.2. The lowest BCUT2D eigenvalue weighted by molar-refractivity contribution is -0.124. The van der Waals surface area contributed by atoms with E-state index in [0.717, 1.165) is 52.5 Å². The maximum Gasteiger partial charge on any atom is 0.234 e. The van der Waals surface area contributed by atoms with Gasteiger partial charge in [-0.25, -0.2) is 0 Å². The minimum Gasteiger partial charge on any atom is -0.379 e. The number of nitrogens with zero attached hydrogens (tertiary/aromatic N) is 3. The summed E-state index contributed by atoms with van der Waals surface area (Å²) < 4.78 is 5.58. The zero-order valence-corrected chi connectivity index (χ0v) is 18.5. The van der Waals surface area contributed by atoms with E-state index in [9.17, 15) is 4.79 Å².